The Morgan fingerprint density at radius 1 is 1.15 bits per heavy atom. The minimum atomic E-state index is -3.09. The van der Waals surface area contributed by atoms with Gasteiger partial charge in [0.15, 0.2) is 9.84 Å². The lowest BCUT2D eigenvalue weighted by molar-refractivity contribution is 0.0680. The van der Waals surface area contributed by atoms with Crippen LogP contribution in [0.15, 0.2) is 48.5 Å². The maximum Gasteiger partial charge on any atom is 0.254 e. The molecule has 0 N–H and O–H groups in total. The minimum absolute atomic E-state index is 0.0236. The summed E-state index contributed by atoms with van der Waals surface area (Å²) in [5, 5.41) is 0. The molecular weight excluding hydrogens is 362 g/mol. The van der Waals surface area contributed by atoms with Gasteiger partial charge in [-0.05, 0) is 42.2 Å². The van der Waals surface area contributed by atoms with E-state index in [0.29, 0.717) is 24.3 Å². The minimum Gasteiger partial charge on any atom is -0.497 e. The Balaban J connectivity index is 1.89. The van der Waals surface area contributed by atoms with Gasteiger partial charge in [0.2, 0.25) is 0 Å². The number of benzene rings is 2. The van der Waals surface area contributed by atoms with Crippen LogP contribution >= 0.6 is 0 Å². The number of ether oxygens (including phenoxy) is 1. The lowest BCUT2D eigenvalue weighted by Gasteiger charge is -2.29. The fourth-order valence-electron chi connectivity index (χ4n) is 3.39. The van der Waals surface area contributed by atoms with Crippen molar-refractivity contribution >= 4 is 15.7 Å². The zero-order chi connectivity index (χ0) is 19.4. The van der Waals surface area contributed by atoms with Crippen molar-refractivity contribution in [3.63, 3.8) is 0 Å². The van der Waals surface area contributed by atoms with E-state index >= 15 is 0 Å². The SMILES string of the molecule is CCc1ccc(CN(C(=O)c2cccc(OC)c2)C2CCS(=O)(=O)C2)cc1. The number of rotatable bonds is 6. The Hall–Kier alpha value is -2.34. The summed E-state index contributed by atoms with van der Waals surface area (Å²) in [6, 6.07) is 14.8. The number of carbonyl (C=O) groups excluding carboxylic acids is 1. The Morgan fingerprint density at radius 2 is 1.85 bits per heavy atom. The van der Waals surface area contributed by atoms with E-state index in [1.807, 2.05) is 12.1 Å². The summed E-state index contributed by atoms with van der Waals surface area (Å²) in [7, 11) is -1.53. The quantitative estimate of drug-likeness (QED) is 0.764. The van der Waals surface area contributed by atoms with E-state index in [0.717, 1.165) is 12.0 Å². The van der Waals surface area contributed by atoms with Gasteiger partial charge in [-0.2, -0.15) is 0 Å². The maximum atomic E-state index is 13.2. The molecule has 1 unspecified atom stereocenters. The maximum absolute atomic E-state index is 13.2. The second-order valence-electron chi connectivity index (χ2n) is 6.89. The van der Waals surface area contributed by atoms with Gasteiger partial charge in [-0.3, -0.25) is 4.79 Å². The summed E-state index contributed by atoms with van der Waals surface area (Å²) >= 11 is 0. The first-order valence-electron chi connectivity index (χ1n) is 9.15. The van der Waals surface area contributed by atoms with Crippen LogP contribution in [0.4, 0.5) is 0 Å². The molecule has 1 aliphatic heterocycles. The molecule has 144 valence electrons. The second kappa shape index (κ2) is 8.13. The highest BCUT2D eigenvalue weighted by atomic mass is 32.2. The molecule has 0 radical (unpaired) electrons. The third kappa shape index (κ3) is 4.69. The van der Waals surface area contributed by atoms with Crippen LogP contribution in [0, 0.1) is 0 Å². The second-order valence-corrected chi connectivity index (χ2v) is 9.12. The molecule has 1 fully saturated rings. The smallest absolute Gasteiger partial charge is 0.254 e. The Kier molecular flexibility index (Phi) is 5.85. The number of sulfone groups is 1. The molecule has 0 saturated carbocycles. The Morgan fingerprint density at radius 3 is 2.44 bits per heavy atom. The van der Waals surface area contributed by atoms with Gasteiger partial charge in [0.05, 0.1) is 18.6 Å². The van der Waals surface area contributed by atoms with Crippen LogP contribution in [0.2, 0.25) is 0 Å². The molecule has 3 rings (SSSR count). The number of hydrogen-bond acceptors (Lipinski definition) is 4. The predicted octanol–water partition coefficient (Wildman–Crippen LogP) is 3.09. The van der Waals surface area contributed by atoms with E-state index in [-0.39, 0.29) is 23.5 Å². The molecule has 0 aliphatic carbocycles. The van der Waals surface area contributed by atoms with Crippen molar-refractivity contribution in [3.8, 4) is 5.75 Å². The molecule has 0 spiro atoms. The van der Waals surface area contributed by atoms with Crippen LogP contribution in [0.1, 0.15) is 34.8 Å². The van der Waals surface area contributed by atoms with Crippen LogP contribution in [-0.4, -0.2) is 43.9 Å². The van der Waals surface area contributed by atoms with Crippen LogP contribution in [0.3, 0.4) is 0 Å². The molecule has 1 atom stereocenters. The number of nitrogens with zero attached hydrogens (tertiary/aromatic N) is 1. The number of carbonyl (C=O) groups is 1. The highest BCUT2D eigenvalue weighted by Crippen LogP contribution is 2.24. The molecule has 6 heteroatoms. The van der Waals surface area contributed by atoms with Crippen LogP contribution in [-0.2, 0) is 22.8 Å². The molecule has 1 amide bonds. The van der Waals surface area contributed by atoms with Crippen molar-refractivity contribution < 1.29 is 17.9 Å². The lowest BCUT2D eigenvalue weighted by atomic mass is 10.1. The summed E-state index contributed by atoms with van der Waals surface area (Å²) in [6.45, 7) is 2.48. The molecule has 2 aromatic carbocycles. The molecule has 1 saturated heterocycles. The zero-order valence-electron chi connectivity index (χ0n) is 15.7. The van der Waals surface area contributed by atoms with Gasteiger partial charge >= 0.3 is 0 Å². The first-order valence-corrected chi connectivity index (χ1v) is 11.0. The van der Waals surface area contributed by atoms with Gasteiger partial charge in [0.1, 0.15) is 5.75 Å². The highest BCUT2D eigenvalue weighted by molar-refractivity contribution is 7.91. The number of hydrogen-bond donors (Lipinski definition) is 0. The fraction of sp³-hybridized carbons (Fsp3) is 0.381. The Bertz CT molecular complexity index is 906. The average Bonchev–Trinajstić information content (AvgIpc) is 3.05. The number of methoxy groups -OCH3 is 1. The molecule has 5 nitrogen and oxygen atoms in total. The molecule has 1 aliphatic rings. The summed E-state index contributed by atoms with van der Waals surface area (Å²) in [4.78, 5) is 14.9. The number of amides is 1. The van der Waals surface area contributed by atoms with Crippen molar-refractivity contribution in [3.05, 3.63) is 65.2 Å². The summed E-state index contributed by atoms with van der Waals surface area (Å²) in [5.74, 6) is 0.590. The van der Waals surface area contributed by atoms with E-state index in [9.17, 15) is 13.2 Å². The van der Waals surface area contributed by atoms with Gasteiger partial charge in [0, 0.05) is 18.2 Å². The first-order chi connectivity index (χ1) is 12.9. The van der Waals surface area contributed by atoms with Gasteiger partial charge in [0.25, 0.3) is 5.91 Å². The van der Waals surface area contributed by atoms with Gasteiger partial charge < -0.3 is 9.64 Å². The molecule has 0 bridgehead atoms. The van der Waals surface area contributed by atoms with Crippen molar-refractivity contribution in [2.75, 3.05) is 18.6 Å². The highest BCUT2D eigenvalue weighted by Gasteiger charge is 2.35. The monoisotopic (exact) mass is 387 g/mol. The summed E-state index contributed by atoms with van der Waals surface area (Å²) in [5.41, 5.74) is 2.73. The van der Waals surface area contributed by atoms with Crippen LogP contribution < -0.4 is 4.74 Å². The van der Waals surface area contributed by atoms with Crippen molar-refractivity contribution in [1.29, 1.82) is 0 Å². The zero-order valence-corrected chi connectivity index (χ0v) is 16.5. The van der Waals surface area contributed by atoms with Crippen molar-refractivity contribution in [2.24, 2.45) is 0 Å². The summed E-state index contributed by atoms with van der Waals surface area (Å²) in [6.07, 6.45) is 1.43. The van der Waals surface area contributed by atoms with E-state index in [2.05, 4.69) is 19.1 Å². The third-order valence-electron chi connectivity index (χ3n) is 5.01. The van der Waals surface area contributed by atoms with Crippen molar-refractivity contribution in [2.45, 2.75) is 32.4 Å². The average molecular weight is 388 g/mol. The topological polar surface area (TPSA) is 63.7 Å². The molecule has 0 aromatic heterocycles. The van der Waals surface area contributed by atoms with Gasteiger partial charge in [-0.15, -0.1) is 0 Å². The molecule has 2 aromatic rings. The van der Waals surface area contributed by atoms with E-state index < -0.39 is 9.84 Å². The third-order valence-corrected chi connectivity index (χ3v) is 6.76. The number of aryl methyl sites for hydroxylation is 1. The standard InChI is InChI=1S/C21H25NO4S/c1-3-16-7-9-17(10-8-16)14-22(19-11-12-27(24,25)15-19)21(23)18-5-4-6-20(13-18)26-2/h4-10,13,19H,3,11-12,14-15H2,1-2H3. The molecule has 1 heterocycles. The van der Waals surface area contributed by atoms with Crippen LogP contribution in [0.5, 0.6) is 5.75 Å². The molecule has 27 heavy (non-hydrogen) atoms. The lowest BCUT2D eigenvalue weighted by Crippen LogP contribution is -2.40. The first kappa shape index (κ1) is 19.4. The fourth-order valence-corrected chi connectivity index (χ4v) is 5.12. The van der Waals surface area contributed by atoms with E-state index in [4.69, 9.17) is 4.74 Å². The normalized spacial score (nSPS) is 18.2. The van der Waals surface area contributed by atoms with E-state index in [1.54, 1.807) is 36.3 Å². The van der Waals surface area contributed by atoms with E-state index in [1.165, 1.54) is 5.56 Å². The predicted molar refractivity (Wildman–Crippen MR) is 106 cm³/mol. The van der Waals surface area contributed by atoms with Gasteiger partial charge in [-0.25, -0.2) is 8.42 Å². The van der Waals surface area contributed by atoms with Crippen LogP contribution in [0.25, 0.3) is 0 Å². The molecular formula is C21H25NO4S. The van der Waals surface area contributed by atoms with Gasteiger partial charge in [-0.1, -0.05) is 37.3 Å². The Labute approximate surface area is 160 Å². The summed E-state index contributed by atoms with van der Waals surface area (Å²) < 4.78 is 29.2. The largest absolute Gasteiger partial charge is 0.497 e. The van der Waals surface area contributed by atoms with Crippen molar-refractivity contribution in [1.82, 2.24) is 4.90 Å².